The van der Waals surface area contributed by atoms with Gasteiger partial charge in [-0.25, -0.2) is 4.98 Å². The van der Waals surface area contributed by atoms with Crippen LogP contribution in [0.25, 0.3) is 16.9 Å². The average Bonchev–Trinajstić information content (AvgIpc) is 3.09. The number of likely N-dealkylation sites (tertiary alicyclic amines) is 1. The predicted octanol–water partition coefficient (Wildman–Crippen LogP) is 5.26. The van der Waals surface area contributed by atoms with Gasteiger partial charge in [-0.05, 0) is 75.3 Å². The average molecular weight is 390 g/mol. The minimum absolute atomic E-state index is 0.227. The van der Waals surface area contributed by atoms with Crippen LogP contribution < -0.4 is 0 Å². The number of hydrogen-bond acceptors (Lipinski definition) is 2. The number of piperidine rings is 1. The summed E-state index contributed by atoms with van der Waals surface area (Å²) >= 11 is 0. The van der Waals surface area contributed by atoms with Gasteiger partial charge in [0.05, 0.1) is 17.8 Å². The molecule has 1 saturated heterocycles. The Morgan fingerprint density at radius 2 is 1.93 bits per heavy atom. The van der Waals surface area contributed by atoms with Crippen molar-refractivity contribution < 1.29 is 4.79 Å². The lowest BCUT2D eigenvalue weighted by Crippen LogP contribution is -2.44. The molecule has 0 N–H and O–H groups in total. The molecule has 4 rings (SSSR count). The van der Waals surface area contributed by atoms with Gasteiger partial charge in [-0.2, -0.15) is 0 Å². The molecule has 4 heteroatoms. The molecule has 0 aliphatic carbocycles. The van der Waals surface area contributed by atoms with E-state index in [1.165, 1.54) is 17.5 Å². The Bertz CT molecular complexity index is 1050. The van der Waals surface area contributed by atoms with Gasteiger partial charge in [-0.3, -0.25) is 4.79 Å². The molecular formula is C25H31N3O. The number of benzene rings is 1. The maximum Gasteiger partial charge on any atom is 0.228 e. The number of aromatic nitrogens is 2. The zero-order chi connectivity index (χ0) is 20.5. The summed E-state index contributed by atoms with van der Waals surface area (Å²) in [5.74, 6) is 0.227. The Morgan fingerprint density at radius 3 is 2.69 bits per heavy atom. The van der Waals surface area contributed by atoms with E-state index in [2.05, 4.69) is 61.3 Å². The van der Waals surface area contributed by atoms with E-state index in [4.69, 9.17) is 4.98 Å². The molecule has 0 saturated carbocycles. The number of carbonyl (C=O) groups excluding carboxylic acids is 1. The molecule has 3 aromatic rings. The highest BCUT2D eigenvalue weighted by Crippen LogP contribution is 2.29. The Balaban J connectivity index is 1.78. The van der Waals surface area contributed by atoms with Crippen molar-refractivity contribution in [3.8, 4) is 11.3 Å². The standard InChI is InChI=1S/C25H31N3O/c1-5-21-10-6-7-13-27(21)23(29)16-22-24(20-12-11-17(2)19(4)15-20)26-25-18(3)9-8-14-28(22)25/h8-9,11-12,14-15,21H,5-7,10,13,16H2,1-4H3. The summed E-state index contributed by atoms with van der Waals surface area (Å²) < 4.78 is 2.11. The van der Waals surface area contributed by atoms with Gasteiger partial charge in [-0.1, -0.05) is 25.1 Å². The van der Waals surface area contributed by atoms with Gasteiger partial charge in [-0.15, -0.1) is 0 Å². The summed E-state index contributed by atoms with van der Waals surface area (Å²) in [7, 11) is 0. The Morgan fingerprint density at radius 1 is 1.10 bits per heavy atom. The number of carbonyl (C=O) groups is 1. The maximum absolute atomic E-state index is 13.4. The van der Waals surface area contributed by atoms with Crippen molar-refractivity contribution >= 4 is 11.6 Å². The lowest BCUT2D eigenvalue weighted by Gasteiger charge is -2.35. The minimum Gasteiger partial charge on any atom is -0.339 e. The molecule has 4 nitrogen and oxygen atoms in total. The highest BCUT2D eigenvalue weighted by molar-refractivity contribution is 5.82. The molecule has 152 valence electrons. The van der Waals surface area contributed by atoms with E-state index in [1.54, 1.807) is 0 Å². The van der Waals surface area contributed by atoms with Crippen LogP contribution in [0, 0.1) is 20.8 Å². The molecular weight excluding hydrogens is 358 g/mol. The smallest absolute Gasteiger partial charge is 0.228 e. The largest absolute Gasteiger partial charge is 0.339 e. The second kappa shape index (κ2) is 8.02. The lowest BCUT2D eigenvalue weighted by molar-refractivity contribution is -0.134. The fraction of sp³-hybridized carbons (Fsp3) is 0.440. The van der Waals surface area contributed by atoms with Crippen molar-refractivity contribution in [2.24, 2.45) is 0 Å². The van der Waals surface area contributed by atoms with E-state index < -0.39 is 0 Å². The number of imidazole rings is 1. The number of nitrogens with zero attached hydrogens (tertiary/aromatic N) is 3. The van der Waals surface area contributed by atoms with Crippen molar-refractivity contribution in [3.63, 3.8) is 0 Å². The van der Waals surface area contributed by atoms with Crippen LogP contribution in [0.2, 0.25) is 0 Å². The van der Waals surface area contributed by atoms with Gasteiger partial charge < -0.3 is 9.30 Å². The van der Waals surface area contributed by atoms with Gasteiger partial charge in [0.1, 0.15) is 5.65 Å². The van der Waals surface area contributed by atoms with Crippen LogP contribution in [0.15, 0.2) is 36.5 Å². The first-order valence-electron chi connectivity index (χ1n) is 10.8. The zero-order valence-corrected chi connectivity index (χ0v) is 18.0. The molecule has 0 spiro atoms. The predicted molar refractivity (Wildman–Crippen MR) is 118 cm³/mol. The third-order valence-electron chi connectivity index (χ3n) is 6.46. The molecule has 29 heavy (non-hydrogen) atoms. The molecule has 1 aliphatic heterocycles. The van der Waals surface area contributed by atoms with Gasteiger partial charge in [0, 0.05) is 24.3 Å². The van der Waals surface area contributed by atoms with Gasteiger partial charge in [0.15, 0.2) is 0 Å². The van der Waals surface area contributed by atoms with Crippen LogP contribution in [-0.2, 0) is 11.2 Å². The zero-order valence-electron chi connectivity index (χ0n) is 18.0. The Labute approximate surface area is 173 Å². The highest BCUT2D eigenvalue weighted by Gasteiger charge is 2.27. The third-order valence-corrected chi connectivity index (χ3v) is 6.46. The normalized spacial score (nSPS) is 17.1. The highest BCUT2D eigenvalue weighted by atomic mass is 16.2. The van der Waals surface area contributed by atoms with Crippen LogP contribution >= 0.6 is 0 Å². The maximum atomic E-state index is 13.4. The lowest BCUT2D eigenvalue weighted by atomic mass is 9.98. The summed E-state index contributed by atoms with van der Waals surface area (Å²) in [5, 5.41) is 0. The molecule has 1 aliphatic rings. The van der Waals surface area contributed by atoms with Crippen molar-refractivity contribution in [2.75, 3.05) is 6.54 Å². The van der Waals surface area contributed by atoms with Crippen molar-refractivity contribution in [2.45, 2.75) is 65.8 Å². The Hall–Kier alpha value is -2.62. The van der Waals surface area contributed by atoms with Crippen LogP contribution in [0.3, 0.4) is 0 Å². The molecule has 1 amide bonds. The van der Waals surface area contributed by atoms with Gasteiger partial charge in [0.2, 0.25) is 5.91 Å². The van der Waals surface area contributed by atoms with Crippen LogP contribution in [-0.4, -0.2) is 32.8 Å². The summed E-state index contributed by atoms with van der Waals surface area (Å²) in [6.45, 7) is 9.40. The summed E-state index contributed by atoms with van der Waals surface area (Å²) in [6.07, 6.45) is 6.92. The van der Waals surface area contributed by atoms with Crippen LogP contribution in [0.5, 0.6) is 0 Å². The second-order valence-electron chi connectivity index (χ2n) is 8.41. The molecule has 0 bridgehead atoms. The van der Waals surface area contributed by atoms with Crippen LogP contribution in [0.1, 0.15) is 55.0 Å². The summed E-state index contributed by atoms with van der Waals surface area (Å²) in [5.41, 5.74) is 7.60. The van der Waals surface area contributed by atoms with Crippen molar-refractivity contribution in [1.82, 2.24) is 14.3 Å². The van der Waals surface area contributed by atoms with E-state index in [9.17, 15) is 4.79 Å². The van der Waals surface area contributed by atoms with E-state index >= 15 is 0 Å². The van der Waals surface area contributed by atoms with Crippen molar-refractivity contribution in [3.05, 3.63) is 58.9 Å². The third kappa shape index (κ3) is 3.68. The Kier molecular flexibility index (Phi) is 5.44. The fourth-order valence-electron chi connectivity index (χ4n) is 4.54. The minimum atomic E-state index is 0.227. The molecule has 3 heterocycles. The number of fused-ring (bicyclic) bond motifs is 1. The molecule has 2 aromatic heterocycles. The van der Waals surface area contributed by atoms with Crippen LogP contribution in [0.4, 0.5) is 0 Å². The first-order chi connectivity index (χ1) is 14.0. The molecule has 1 aromatic carbocycles. The molecule has 1 atom stereocenters. The monoisotopic (exact) mass is 389 g/mol. The van der Waals surface area contributed by atoms with E-state index in [0.29, 0.717) is 12.5 Å². The van der Waals surface area contributed by atoms with E-state index in [-0.39, 0.29) is 5.91 Å². The summed E-state index contributed by atoms with van der Waals surface area (Å²) in [4.78, 5) is 20.4. The van der Waals surface area contributed by atoms with Crippen molar-refractivity contribution in [1.29, 1.82) is 0 Å². The molecule has 0 radical (unpaired) electrons. The first kappa shape index (κ1) is 19.7. The van der Waals surface area contributed by atoms with Gasteiger partial charge >= 0.3 is 0 Å². The quantitative estimate of drug-likeness (QED) is 0.610. The number of hydrogen-bond donors (Lipinski definition) is 0. The number of rotatable bonds is 4. The van der Waals surface area contributed by atoms with E-state index in [0.717, 1.165) is 54.0 Å². The topological polar surface area (TPSA) is 37.6 Å². The fourth-order valence-corrected chi connectivity index (χ4v) is 4.54. The second-order valence-corrected chi connectivity index (χ2v) is 8.41. The number of pyridine rings is 1. The van der Waals surface area contributed by atoms with Gasteiger partial charge in [0.25, 0.3) is 0 Å². The molecule has 1 unspecified atom stereocenters. The number of amides is 1. The molecule has 1 fully saturated rings. The SMILES string of the molecule is CCC1CCCCN1C(=O)Cc1c(-c2ccc(C)c(C)c2)nc2c(C)cccn12. The van der Waals surface area contributed by atoms with E-state index in [1.807, 2.05) is 12.3 Å². The number of aryl methyl sites for hydroxylation is 3. The first-order valence-corrected chi connectivity index (χ1v) is 10.8. The summed E-state index contributed by atoms with van der Waals surface area (Å²) in [6, 6.07) is 11.0.